The molecule has 0 fully saturated rings. The van der Waals surface area contributed by atoms with Gasteiger partial charge in [-0.1, -0.05) is 29.5 Å². The molecule has 1 amide bonds. The number of nitrogens with zero attached hydrogens (tertiary/aromatic N) is 4. The summed E-state index contributed by atoms with van der Waals surface area (Å²) >= 11 is 1.48. The molecular formula is C18H15N5OS. The van der Waals surface area contributed by atoms with E-state index in [-0.39, 0.29) is 5.91 Å². The highest BCUT2D eigenvalue weighted by atomic mass is 32.1. The lowest BCUT2D eigenvalue weighted by molar-refractivity contribution is 0.102. The second-order valence-corrected chi connectivity index (χ2v) is 6.65. The van der Waals surface area contributed by atoms with E-state index in [4.69, 9.17) is 0 Å². The molecule has 0 aliphatic rings. The molecule has 1 N–H and O–H groups in total. The molecule has 2 aromatic carbocycles. The average molecular weight is 349 g/mol. The van der Waals surface area contributed by atoms with Crippen LogP contribution in [0.1, 0.15) is 21.7 Å². The number of fused-ring (bicyclic) bond motifs is 1. The Morgan fingerprint density at radius 2 is 1.80 bits per heavy atom. The van der Waals surface area contributed by atoms with Gasteiger partial charge in [0.25, 0.3) is 5.91 Å². The van der Waals surface area contributed by atoms with Gasteiger partial charge in [-0.2, -0.15) is 9.61 Å². The van der Waals surface area contributed by atoms with Crippen LogP contribution in [-0.4, -0.2) is 25.7 Å². The van der Waals surface area contributed by atoms with Crippen molar-refractivity contribution >= 4 is 27.9 Å². The lowest BCUT2D eigenvalue weighted by Crippen LogP contribution is -2.13. The molecule has 7 heteroatoms. The summed E-state index contributed by atoms with van der Waals surface area (Å²) in [6.45, 7) is 3.79. The molecule has 0 unspecified atom stereocenters. The molecule has 2 heterocycles. The minimum absolute atomic E-state index is 0.111. The predicted octanol–water partition coefficient (Wildman–Crippen LogP) is 3.72. The van der Waals surface area contributed by atoms with E-state index in [1.807, 2.05) is 62.4 Å². The third-order valence-electron chi connectivity index (χ3n) is 3.93. The first-order valence-corrected chi connectivity index (χ1v) is 8.60. The van der Waals surface area contributed by atoms with Crippen LogP contribution in [0.3, 0.4) is 0 Å². The van der Waals surface area contributed by atoms with Crippen LogP contribution in [0.2, 0.25) is 0 Å². The fourth-order valence-electron chi connectivity index (χ4n) is 2.55. The Kier molecular flexibility index (Phi) is 3.77. The molecule has 0 aliphatic heterocycles. The van der Waals surface area contributed by atoms with Gasteiger partial charge in [0, 0.05) is 16.8 Å². The Labute approximate surface area is 148 Å². The summed E-state index contributed by atoms with van der Waals surface area (Å²) < 4.78 is 1.73. The Bertz CT molecular complexity index is 1060. The third kappa shape index (κ3) is 2.89. The van der Waals surface area contributed by atoms with E-state index >= 15 is 0 Å². The first-order valence-electron chi connectivity index (χ1n) is 7.78. The highest BCUT2D eigenvalue weighted by Crippen LogP contribution is 2.26. The molecule has 4 rings (SSSR count). The van der Waals surface area contributed by atoms with Crippen molar-refractivity contribution in [2.45, 2.75) is 13.8 Å². The van der Waals surface area contributed by atoms with E-state index in [0.717, 1.165) is 32.6 Å². The summed E-state index contributed by atoms with van der Waals surface area (Å²) in [7, 11) is 0. The minimum Gasteiger partial charge on any atom is -0.322 e. The van der Waals surface area contributed by atoms with Crippen molar-refractivity contribution in [2.24, 2.45) is 0 Å². The van der Waals surface area contributed by atoms with E-state index in [1.165, 1.54) is 11.3 Å². The summed E-state index contributed by atoms with van der Waals surface area (Å²) in [5.41, 5.74) is 3.35. The van der Waals surface area contributed by atoms with Gasteiger partial charge >= 0.3 is 0 Å². The fourth-order valence-corrected chi connectivity index (χ4v) is 3.44. The van der Waals surface area contributed by atoms with Gasteiger partial charge < -0.3 is 5.32 Å². The van der Waals surface area contributed by atoms with Crippen LogP contribution in [0.25, 0.3) is 15.5 Å². The molecule has 0 atom stereocenters. The zero-order valence-corrected chi connectivity index (χ0v) is 14.5. The van der Waals surface area contributed by atoms with Gasteiger partial charge in [-0.15, -0.1) is 10.2 Å². The van der Waals surface area contributed by atoms with Crippen LogP contribution in [0.5, 0.6) is 0 Å². The van der Waals surface area contributed by atoms with Gasteiger partial charge in [-0.05, 0) is 49.7 Å². The lowest BCUT2D eigenvalue weighted by Gasteiger charge is -2.07. The van der Waals surface area contributed by atoms with Crippen molar-refractivity contribution in [1.82, 2.24) is 19.8 Å². The largest absolute Gasteiger partial charge is 0.322 e. The maximum absolute atomic E-state index is 12.4. The molecule has 6 nitrogen and oxygen atoms in total. The second-order valence-electron chi connectivity index (χ2n) is 5.70. The molecule has 0 spiro atoms. The number of carbonyl (C=O) groups is 1. The number of hydrogen-bond donors (Lipinski definition) is 1. The van der Waals surface area contributed by atoms with E-state index in [2.05, 4.69) is 20.6 Å². The number of benzene rings is 2. The fraction of sp³-hybridized carbons (Fsp3) is 0.111. The van der Waals surface area contributed by atoms with Crippen molar-refractivity contribution in [3.63, 3.8) is 0 Å². The van der Waals surface area contributed by atoms with Gasteiger partial charge in [0.2, 0.25) is 4.96 Å². The highest BCUT2D eigenvalue weighted by molar-refractivity contribution is 7.19. The number of carbonyl (C=O) groups excluding carboxylic acids is 1. The summed E-state index contributed by atoms with van der Waals surface area (Å²) in [6, 6.07) is 15.2. The average Bonchev–Trinajstić information content (AvgIpc) is 3.18. The molecule has 0 bridgehead atoms. The Morgan fingerprint density at radius 1 is 1.04 bits per heavy atom. The van der Waals surface area contributed by atoms with Crippen LogP contribution in [0.15, 0.2) is 48.5 Å². The molecule has 2 aromatic heterocycles. The van der Waals surface area contributed by atoms with Crippen molar-refractivity contribution in [3.8, 4) is 10.6 Å². The van der Waals surface area contributed by atoms with E-state index in [0.29, 0.717) is 5.56 Å². The molecule has 0 radical (unpaired) electrons. The number of aryl methyl sites for hydroxylation is 2. The quantitative estimate of drug-likeness (QED) is 0.612. The number of amides is 1. The number of rotatable bonds is 3. The van der Waals surface area contributed by atoms with E-state index < -0.39 is 0 Å². The summed E-state index contributed by atoms with van der Waals surface area (Å²) in [5, 5.41) is 16.4. The monoisotopic (exact) mass is 349 g/mol. The SMILES string of the molecule is Cc1ccccc1C(=O)Nc1ccc(-c2nn3c(C)nnc3s2)cc1. The highest BCUT2D eigenvalue weighted by Gasteiger charge is 2.11. The minimum atomic E-state index is -0.111. The van der Waals surface area contributed by atoms with Gasteiger partial charge in [0.1, 0.15) is 5.01 Å². The van der Waals surface area contributed by atoms with Crippen LogP contribution < -0.4 is 5.32 Å². The van der Waals surface area contributed by atoms with Crippen LogP contribution >= 0.6 is 11.3 Å². The normalized spacial score (nSPS) is 11.0. The Morgan fingerprint density at radius 3 is 2.52 bits per heavy atom. The maximum atomic E-state index is 12.4. The zero-order chi connectivity index (χ0) is 17.4. The second kappa shape index (κ2) is 6.10. The number of nitrogens with one attached hydrogen (secondary N) is 1. The standard InChI is InChI=1S/C18H15N5OS/c1-11-5-3-4-6-15(11)16(24)19-14-9-7-13(8-10-14)17-22-23-12(2)20-21-18(23)25-17/h3-10H,1-2H3,(H,19,24). The number of aromatic nitrogens is 4. The number of hydrogen-bond acceptors (Lipinski definition) is 5. The molecule has 25 heavy (non-hydrogen) atoms. The van der Waals surface area contributed by atoms with Crippen LogP contribution in [-0.2, 0) is 0 Å². The lowest BCUT2D eigenvalue weighted by atomic mass is 10.1. The molecule has 0 saturated carbocycles. The first kappa shape index (κ1) is 15.5. The van der Waals surface area contributed by atoms with Crippen molar-refractivity contribution in [2.75, 3.05) is 5.32 Å². The van der Waals surface area contributed by atoms with Crippen LogP contribution in [0.4, 0.5) is 5.69 Å². The smallest absolute Gasteiger partial charge is 0.255 e. The predicted molar refractivity (Wildman–Crippen MR) is 98.0 cm³/mol. The van der Waals surface area contributed by atoms with E-state index in [9.17, 15) is 4.79 Å². The van der Waals surface area contributed by atoms with Gasteiger partial charge in [-0.3, -0.25) is 4.79 Å². The zero-order valence-electron chi connectivity index (χ0n) is 13.7. The van der Waals surface area contributed by atoms with Crippen LogP contribution in [0, 0.1) is 13.8 Å². The Balaban J connectivity index is 1.55. The Hall–Kier alpha value is -3.06. The van der Waals surface area contributed by atoms with Gasteiger partial charge in [0.05, 0.1) is 0 Å². The maximum Gasteiger partial charge on any atom is 0.255 e. The topological polar surface area (TPSA) is 72.2 Å². The molecule has 124 valence electrons. The summed E-state index contributed by atoms with van der Waals surface area (Å²) in [6.07, 6.45) is 0. The molecular weight excluding hydrogens is 334 g/mol. The molecule has 0 saturated heterocycles. The molecule has 0 aliphatic carbocycles. The van der Waals surface area contributed by atoms with Crippen molar-refractivity contribution < 1.29 is 4.79 Å². The summed E-state index contributed by atoms with van der Waals surface area (Å²) in [4.78, 5) is 13.1. The van der Waals surface area contributed by atoms with Gasteiger partial charge in [0.15, 0.2) is 5.82 Å². The number of anilines is 1. The first-order chi connectivity index (χ1) is 12.1. The van der Waals surface area contributed by atoms with Gasteiger partial charge in [-0.25, -0.2) is 0 Å². The molecule has 4 aromatic rings. The van der Waals surface area contributed by atoms with E-state index in [1.54, 1.807) is 4.52 Å². The van der Waals surface area contributed by atoms with Crippen molar-refractivity contribution in [3.05, 3.63) is 65.5 Å². The summed E-state index contributed by atoms with van der Waals surface area (Å²) in [5.74, 6) is 0.653. The third-order valence-corrected chi connectivity index (χ3v) is 4.87. The van der Waals surface area contributed by atoms with Crippen molar-refractivity contribution in [1.29, 1.82) is 0 Å².